The molecule has 1 aromatic carbocycles. The molecule has 0 unspecified atom stereocenters. The van der Waals surface area contributed by atoms with Gasteiger partial charge in [0.05, 0.1) is 7.11 Å². The molecule has 1 heterocycles. The van der Waals surface area contributed by atoms with Crippen LogP contribution in [0, 0.1) is 6.92 Å². The Morgan fingerprint density at radius 3 is 2.70 bits per heavy atom. The summed E-state index contributed by atoms with van der Waals surface area (Å²) >= 11 is 6.32. The minimum Gasteiger partial charge on any atom is -0.496 e. The lowest BCUT2D eigenvalue weighted by Crippen LogP contribution is -2.08. The van der Waals surface area contributed by atoms with Gasteiger partial charge in [0.1, 0.15) is 10.9 Å². The Labute approximate surface area is 124 Å². The summed E-state index contributed by atoms with van der Waals surface area (Å²) in [5.41, 5.74) is 4.30. The molecule has 0 saturated carbocycles. The number of fused-ring (bicyclic) bond motifs is 1. The maximum Gasteiger partial charge on any atom is 0.161 e. The smallest absolute Gasteiger partial charge is 0.161 e. The zero-order valence-electron chi connectivity index (χ0n) is 11.7. The Hall–Kier alpha value is -1.61. The number of rotatable bonds is 2. The zero-order chi connectivity index (χ0) is 14.1. The fourth-order valence-electron chi connectivity index (χ4n) is 2.69. The van der Waals surface area contributed by atoms with Crippen LogP contribution in [0.4, 0.5) is 0 Å². The van der Waals surface area contributed by atoms with Gasteiger partial charge in [0, 0.05) is 16.8 Å². The highest BCUT2D eigenvalue weighted by Crippen LogP contribution is 2.29. The fourth-order valence-corrected chi connectivity index (χ4v) is 2.98. The van der Waals surface area contributed by atoms with Crippen molar-refractivity contribution in [2.45, 2.75) is 32.6 Å². The van der Waals surface area contributed by atoms with Gasteiger partial charge in [-0.05, 0) is 56.4 Å². The largest absolute Gasteiger partial charge is 0.496 e. The maximum absolute atomic E-state index is 6.32. The van der Waals surface area contributed by atoms with Crippen molar-refractivity contribution in [2.24, 2.45) is 0 Å². The molecule has 0 radical (unpaired) electrons. The van der Waals surface area contributed by atoms with Crippen molar-refractivity contribution >= 4 is 11.6 Å². The van der Waals surface area contributed by atoms with Crippen LogP contribution >= 0.6 is 11.6 Å². The van der Waals surface area contributed by atoms with E-state index in [1.807, 2.05) is 25.1 Å². The van der Waals surface area contributed by atoms with E-state index >= 15 is 0 Å². The summed E-state index contributed by atoms with van der Waals surface area (Å²) in [4.78, 5) is 9.17. The van der Waals surface area contributed by atoms with Gasteiger partial charge in [0.2, 0.25) is 0 Å². The first kappa shape index (κ1) is 13.4. The highest BCUT2D eigenvalue weighted by atomic mass is 35.5. The van der Waals surface area contributed by atoms with E-state index in [-0.39, 0.29) is 0 Å². The minimum absolute atomic E-state index is 0.609. The first-order valence-electron chi connectivity index (χ1n) is 6.89. The highest BCUT2D eigenvalue weighted by Gasteiger charge is 2.17. The summed E-state index contributed by atoms with van der Waals surface area (Å²) in [6, 6.07) is 5.97. The highest BCUT2D eigenvalue weighted by molar-refractivity contribution is 6.30. The van der Waals surface area contributed by atoms with Gasteiger partial charge in [-0.3, -0.25) is 0 Å². The molecule has 1 aliphatic carbocycles. The Kier molecular flexibility index (Phi) is 3.62. The monoisotopic (exact) mass is 288 g/mol. The molecule has 0 saturated heterocycles. The molecule has 2 aromatic rings. The van der Waals surface area contributed by atoms with Gasteiger partial charge < -0.3 is 4.74 Å². The fraction of sp³-hybridized carbons (Fsp3) is 0.375. The number of aryl methyl sites for hydroxylation is 2. The molecule has 0 amide bonds. The third-order valence-electron chi connectivity index (χ3n) is 3.79. The van der Waals surface area contributed by atoms with Gasteiger partial charge in [0.15, 0.2) is 5.82 Å². The number of ether oxygens (including phenoxy) is 1. The topological polar surface area (TPSA) is 35.0 Å². The van der Waals surface area contributed by atoms with E-state index in [4.69, 9.17) is 21.3 Å². The van der Waals surface area contributed by atoms with E-state index < -0.39 is 0 Å². The average molecular weight is 289 g/mol. The lowest BCUT2D eigenvalue weighted by molar-refractivity contribution is 0.412. The summed E-state index contributed by atoms with van der Waals surface area (Å²) in [5, 5.41) is 0.609. The number of nitrogens with zero attached hydrogens (tertiary/aromatic N) is 2. The first-order valence-corrected chi connectivity index (χ1v) is 7.27. The van der Waals surface area contributed by atoms with Crippen molar-refractivity contribution in [1.29, 1.82) is 0 Å². The van der Waals surface area contributed by atoms with Crippen molar-refractivity contribution in [3.8, 4) is 17.1 Å². The van der Waals surface area contributed by atoms with Gasteiger partial charge in [-0.1, -0.05) is 11.6 Å². The van der Waals surface area contributed by atoms with Crippen molar-refractivity contribution in [3.63, 3.8) is 0 Å². The quantitative estimate of drug-likeness (QED) is 0.784. The third-order valence-corrected chi connectivity index (χ3v) is 4.10. The van der Waals surface area contributed by atoms with Crippen molar-refractivity contribution in [2.75, 3.05) is 7.11 Å². The molecule has 104 valence electrons. The summed E-state index contributed by atoms with van der Waals surface area (Å²) in [6.07, 6.45) is 4.36. The van der Waals surface area contributed by atoms with Crippen LogP contribution < -0.4 is 4.74 Å². The summed E-state index contributed by atoms with van der Waals surface area (Å²) in [6.45, 7) is 2.02. The van der Waals surface area contributed by atoms with E-state index in [2.05, 4.69) is 4.98 Å². The molecule has 0 aliphatic heterocycles. The number of benzene rings is 1. The summed E-state index contributed by atoms with van der Waals surface area (Å²) in [5.74, 6) is 1.58. The van der Waals surface area contributed by atoms with Crippen LogP contribution in [-0.2, 0) is 12.8 Å². The molecule has 1 aliphatic rings. The van der Waals surface area contributed by atoms with Crippen LogP contribution in [0.2, 0.25) is 5.15 Å². The predicted molar refractivity (Wildman–Crippen MR) is 80.4 cm³/mol. The summed E-state index contributed by atoms with van der Waals surface area (Å²) < 4.78 is 5.28. The van der Waals surface area contributed by atoms with Gasteiger partial charge in [0.25, 0.3) is 0 Å². The van der Waals surface area contributed by atoms with Crippen LogP contribution in [0.3, 0.4) is 0 Å². The Morgan fingerprint density at radius 1 is 1.15 bits per heavy atom. The second kappa shape index (κ2) is 5.41. The van der Waals surface area contributed by atoms with Gasteiger partial charge in [-0.25, -0.2) is 9.97 Å². The maximum atomic E-state index is 6.32. The van der Waals surface area contributed by atoms with Gasteiger partial charge in [-0.2, -0.15) is 0 Å². The molecule has 0 N–H and O–H groups in total. The number of halogens is 1. The molecule has 0 atom stereocenters. The molecule has 4 heteroatoms. The van der Waals surface area contributed by atoms with Crippen molar-refractivity contribution in [3.05, 3.63) is 40.2 Å². The molecular formula is C16H17ClN2O. The third kappa shape index (κ3) is 2.38. The number of methoxy groups -OCH3 is 1. The van der Waals surface area contributed by atoms with E-state index in [9.17, 15) is 0 Å². The van der Waals surface area contributed by atoms with E-state index in [0.29, 0.717) is 11.0 Å². The second-order valence-electron chi connectivity index (χ2n) is 5.15. The van der Waals surface area contributed by atoms with Crippen LogP contribution in [0.25, 0.3) is 11.4 Å². The van der Waals surface area contributed by atoms with Crippen LogP contribution in [-0.4, -0.2) is 17.1 Å². The molecule has 0 spiro atoms. The molecule has 3 nitrogen and oxygen atoms in total. The van der Waals surface area contributed by atoms with Gasteiger partial charge >= 0.3 is 0 Å². The molecule has 0 bridgehead atoms. The van der Waals surface area contributed by atoms with Gasteiger partial charge in [-0.15, -0.1) is 0 Å². The van der Waals surface area contributed by atoms with E-state index in [1.165, 1.54) is 12.8 Å². The van der Waals surface area contributed by atoms with Crippen molar-refractivity contribution in [1.82, 2.24) is 9.97 Å². The molecule has 0 fully saturated rings. The Balaban J connectivity index is 2.06. The molecule has 1 aromatic heterocycles. The van der Waals surface area contributed by atoms with Crippen LogP contribution in [0.1, 0.15) is 29.7 Å². The van der Waals surface area contributed by atoms with Crippen molar-refractivity contribution < 1.29 is 4.74 Å². The van der Waals surface area contributed by atoms with E-state index in [1.54, 1.807) is 7.11 Å². The average Bonchev–Trinajstić information content (AvgIpc) is 2.47. The normalized spacial score (nSPS) is 13.9. The first-order chi connectivity index (χ1) is 9.69. The lowest BCUT2D eigenvalue weighted by atomic mass is 9.97. The standard InChI is InChI=1S/C16H17ClN2O/c1-10-9-11(7-8-14(10)20-2)16-18-13-6-4-3-5-12(13)15(17)19-16/h7-9H,3-6H2,1-2H3. The predicted octanol–water partition coefficient (Wildman–Crippen LogP) is 3.99. The van der Waals surface area contributed by atoms with Crippen LogP contribution in [0.5, 0.6) is 5.75 Å². The van der Waals surface area contributed by atoms with E-state index in [0.717, 1.165) is 41.0 Å². The SMILES string of the molecule is COc1ccc(-c2nc(Cl)c3c(n2)CCCC3)cc1C. The second-order valence-corrected chi connectivity index (χ2v) is 5.51. The van der Waals surface area contributed by atoms with Crippen LogP contribution in [0.15, 0.2) is 18.2 Å². The number of hydrogen-bond acceptors (Lipinski definition) is 3. The zero-order valence-corrected chi connectivity index (χ0v) is 12.5. The molecule has 3 rings (SSSR count). The molecular weight excluding hydrogens is 272 g/mol. The number of hydrogen-bond donors (Lipinski definition) is 0. The number of aromatic nitrogens is 2. The lowest BCUT2D eigenvalue weighted by Gasteiger charge is -2.16. The molecule has 20 heavy (non-hydrogen) atoms. The Bertz CT molecular complexity index is 655. The minimum atomic E-state index is 0.609. The summed E-state index contributed by atoms with van der Waals surface area (Å²) in [7, 11) is 1.67. The Morgan fingerprint density at radius 2 is 1.95 bits per heavy atom.